The van der Waals surface area contributed by atoms with Crippen LogP contribution in [0.3, 0.4) is 0 Å². The SMILES string of the molecule is C=CC(=O)OCOc1ccc2cc(C(=O)Oc3ccc(OC(=O)c4ccc5cc(OCOC(=O)C=C)ccc5c4)c(C#N)c3C#N)ccc2c1. The van der Waals surface area contributed by atoms with Crippen LogP contribution in [0.25, 0.3) is 21.5 Å². The zero-order valence-corrected chi connectivity index (χ0v) is 26.0. The van der Waals surface area contributed by atoms with Crippen LogP contribution in [0.5, 0.6) is 23.0 Å². The van der Waals surface area contributed by atoms with Gasteiger partial charge in [0.15, 0.2) is 11.5 Å². The van der Waals surface area contributed by atoms with Crippen molar-refractivity contribution in [1.29, 1.82) is 10.5 Å². The lowest BCUT2D eigenvalue weighted by Gasteiger charge is -2.12. The first-order valence-electron chi connectivity index (χ1n) is 14.6. The summed E-state index contributed by atoms with van der Waals surface area (Å²) in [6.07, 6.45) is 2.04. The maximum atomic E-state index is 13.1. The van der Waals surface area contributed by atoms with Crippen molar-refractivity contribution in [3.63, 3.8) is 0 Å². The molecule has 5 aromatic carbocycles. The number of fused-ring (bicyclic) bond motifs is 2. The maximum Gasteiger partial charge on any atom is 0.343 e. The molecule has 0 N–H and O–H groups in total. The van der Waals surface area contributed by atoms with Crippen LogP contribution in [-0.2, 0) is 19.1 Å². The molecule has 12 heteroatoms. The van der Waals surface area contributed by atoms with E-state index in [9.17, 15) is 29.7 Å². The largest absolute Gasteiger partial charge is 0.457 e. The topological polar surface area (TPSA) is 171 Å². The van der Waals surface area contributed by atoms with Crippen LogP contribution >= 0.6 is 0 Å². The summed E-state index contributed by atoms with van der Waals surface area (Å²) in [6, 6.07) is 25.8. The fourth-order valence-corrected chi connectivity index (χ4v) is 4.58. The molecule has 0 aliphatic heterocycles. The van der Waals surface area contributed by atoms with E-state index in [1.165, 1.54) is 24.3 Å². The molecular weight excluding hydrogens is 644 g/mol. The first-order chi connectivity index (χ1) is 24.2. The van der Waals surface area contributed by atoms with Gasteiger partial charge >= 0.3 is 23.9 Å². The van der Waals surface area contributed by atoms with E-state index in [0.29, 0.717) is 22.3 Å². The van der Waals surface area contributed by atoms with E-state index in [0.717, 1.165) is 22.9 Å². The molecule has 5 rings (SSSR count). The van der Waals surface area contributed by atoms with Crippen molar-refractivity contribution >= 4 is 45.4 Å². The Balaban J connectivity index is 1.28. The number of carbonyl (C=O) groups excluding carboxylic acids is 4. The van der Waals surface area contributed by atoms with E-state index in [1.807, 2.05) is 12.1 Å². The number of hydrogen-bond donors (Lipinski definition) is 0. The first kappa shape index (κ1) is 33.9. The molecule has 0 amide bonds. The minimum atomic E-state index is -0.795. The molecule has 0 spiro atoms. The average molecular weight is 669 g/mol. The van der Waals surface area contributed by atoms with Gasteiger partial charge in [-0.15, -0.1) is 0 Å². The predicted octanol–water partition coefficient (Wildman–Crippen LogP) is 6.31. The molecule has 246 valence electrons. The van der Waals surface area contributed by atoms with E-state index in [1.54, 1.807) is 60.7 Å². The van der Waals surface area contributed by atoms with E-state index < -0.39 is 23.9 Å². The van der Waals surface area contributed by atoms with Crippen LogP contribution in [0, 0.1) is 22.7 Å². The highest BCUT2D eigenvalue weighted by Crippen LogP contribution is 2.32. The monoisotopic (exact) mass is 668 g/mol. The Morgan fingerprint density at radius 1 is 0.560 bits per heavy atom. The fraction of sp³-hybridized carbons (Fsp3) is 0.0526. The van der Waals surface area contributed by atoms with Crippen LogP contribution in [0.1, 0.15) is 31.8 Å². The van der Waals surface area contributed by atoms with Crippen LogP contribution in [0.4, 0.5) is 0 Å². The lowest BCUT2D eigenvalue weighted by Crippen LogP contribution is -2.12. The van der Waals surface area contributed by atoms with Gasteiger partial charge in [-0.3, -0.25) is 0 Å². The predicted molar refractivity (Wildman–Crippen MR) is 177 cm³/mol. The molecule has 0 aliphatic rings. The lowest BCUT2D eigenvalue weighted by atomic mass is 10.1. The number of nitrogens with zero attached hydrogens (tertiary/aromatic N) is 2. The number of rotatable bonds is 12. The summed E-state index contributed by atoms with van der Waals surface area (Å²) in [6.45, 7) is 6.02. The Hall–Kier alpha value is -7.44. The summed E-state index contributed by atoms with van der Waals surface area (Å²) < 4.78 is 31.4. The standard InChI is InChI=1S/C38H24N2O10/c1-3-35(41)47-21-45-29-11-9-23-15-27(7-5-25(23)17-29)37(43)49-33-13-14-34(32(20-40)31(33)19-39)50-38(44)28-8-6-26-18-30(12-10-24(26)16-28)46-22-48-36(42)4-2/h3-18H,1-2,21-22H2. The van der Waals surface area contributed by atoms with Gasteiger partial charge in [-0.25, -0.2) is 19.2 Å². The highest BCUT2D eigenvalue weighted by atomic mass is 16.7. The van der Waals surface area contributed by atoms with E-state index in [2.05, 4.69) is 13.2 Å². The normalized spacial score (nSPS) is 10.2. The minimum Gasteiger partial charge on any atom is -0.457 e. The van der Waals surface area contributed by atoms with Gasteiger partial charge in [0.05, 0.1) is 11.1 Å². The molecule has 0 atom stereocenters. The van der Waals surface area contributed by atoms with Crippen molar-refractivity contribution in [1.82, 2.24) is 0 Å². The molecule has 12 nitrogen and oxygen atoms in total. The smallest absolute Gasteiger partial charge is 0.343 e. The number of carbonyl (C=O) groups is 4. The highest BCUT2D eigenvalue weighted by Gasteiger charge is 2.21. The molecule has 5 aromatic rings. The number of benzene rings is 5. The number of nitriles is 2. The molecule has 0 radical (unpaired) electrons. The van der Waals surface area contributed by atoms with Gasteiger partial charge in [0.1, 0.15) is 34.8 Å². The van der Waals surface area contributed by atoms with Crippen molar-refractivity contribution < 1.29 is 47.6 Å². The van der Waals surface area contributed by atoms with E-state index in [4.69, 9.17) is 28.4 Å². The molecule has 0 aromatic heterocycles. The Morgan fingerprint density at radius 2 is 0.940 bits per heavy atom. The second-order valence-corrected chi connectivity index (χ2v) is 10.1. The Labute approximate surface area is 284 Å². The quantitative estimate of drug-likeness (QED) is 0.0629. The van der Waals surface area contributed by atoms with Gasteiger partial charge in [-0.2, -0.15) is 10.5 Å². The second kappa shape index (κ2) is 15.4. The summed E-state index contributed by atoms with van der Waals surface area (Å²) in [4.78, 5) is 48.5. The van der Waals surface area contributed by atoms with Crippen molar-refractivity contribution in [2.24, 2.45) is 0 Å². The third kappa shape index (κ3) is 7.91. The Morgan fingerprint density at radius 3 is 1.32 bits per heavy atom. The molecule has 50 heavy (non-hydrogen) atoms. The Kier molecular flexibility index (Phi) is 10.5. The van der Waals surface area contributed by atoms with Gasteiger partial charge in [0.2, 0.25) is 13.6 Å². The fourth-order valence-electron chi connectivity index (χ4n) is 4.58. The van der Waals surface area contributed by atoms with Crippen LogP contribution < -0.4 is 18.9 Å². The summed E-state index contributed by atoms with van der Waals surface area (Å²) in [5.41, 5.74) is -0.267. The zero-order chi connectivity index (χ0) is 35.6. The minimum absolute atomic E-state index is 0.162. The van der Waals surface area contributed by atoms with Crippen molar-refractivity contribution in [3.05, 3.63) is 132 Å². The third-order valence-electron chi connectivity index (χ3n) is 7.04. The van der Waals surface area contributed by atoms with Gasteiger partial charge in [0, 0.05) is 12.2 Å². The average Bonchev–Trinajstić information content (AvgIpc) is 3.14. The van der Waals surface area contributed by atoms with Gasteiger partial charge in [-0.05, 0) is 82.2 Å². The number of ether oxygens (including phenoxy) is 6. The molecule has 0 saturated heterocycles. The van der Waals surface area contributed by atoms with Crippen LogP contribution in [0.2, 0.25) is 0 Å². The summed E-state index contributed by atoms with van der Waals surface area (Å²) in [5, 5.41) is 22.5. The summed E-state index contributed by atoms with van der Waals surface area (Å²) in [7, 11) is 0. The number of esters is 4. The molecule has 0 bridgehead atoms. The van der Waals surface area contributed by atoms with Gasteiger partial charge in [0.25, 0.3) is 0 Å². The molecular formula is C38H24N2O10. The van der Waals surface area contributed by atoms with Crippen molar-refractivity contribution in [2.45, 2.75) is 0 Å². The van der Waals surface area contributed by atoms with Crippen LogP contribution in [0.15, 0.2) is 110 Å². The molecule has 0 fully saturated rings. The van der Waals surface area contributed by atoms with Crippen LogP contribution in [-0.4, -0.2) is 37.5 Å². The first-order valence-corrected chi connectivity index (χ1v) is 14.6. The van der Waals surface area contributed by atoms with Gasteiger partial charge in [-0.1, -0.05) is 37.4 Å². The lowest BCUT2D eigenvalue weighted by molar-refractivity contribution is -0.145. The zero-order valence-electron chi connectivity index (χ0n) is 26.0. The maximum absolute atomic E-state index is 13.1. The summed E-state index contributed by atoms with van der Waals surface area (Å²) >= 11 is 0. The van der Waals surface area contributed by atoms with E-state index in [-0.39, 0.29) is 47.3 Å². The summed E-state index contributed by atoms with van der Waals surface area (Å²) in [5.74, 6) is -2.37. The van der Waals surface area contributed by atoms with Crippen molar-refractivity contribution in [2.75, 3.05) is 13.6 Å². The van der Waals surface area contributed by atoms with E-state index >= 15 is 0 Å². The Bertz CT molecular complexity index is 2120. The van der Waals surface area contributed by atoms with Gasteiger partial charge < -0.3 is 28.4 Å². The highest BCUT2D eigenvalue weighted by molar-refractivity contribution is 5.98. The molecule has 0 saturated carbocycles. The molecule has 0 aliphatic carbocycles. The molecule has 0 heterocycles. The number of hydrogen-bond acceptors (Lipinski definition) is 12. The molecule has 0 unspecified atom stereocenters. The van der Waals surface area contributed by atoms with Crippen molar-refractivity contribution in [3.8, 4) is 35.1 Å². The second-order valence-electron chi connectivity index (χ2n) is 10.1. The third-order valence-corrected chi connectivity index (χ3v) is 7.04.